The highest BCUT2D eigenvalue weighted by atomic mass is 32.2. The second-order valence-electron chi connectivity index (χ2n) is 5.20. The zero-order valence-corrected chi connectivity index (χ0v) is 14.6. The molecule has 23 heavy (non-hydrogen) atoms. The normalized spacial score (nSPS) is 20.4. The molecule has 0 radical (unpaired) electrons. The number of thioether (sulfide) groups is 1. The van der Waals surface area contributed by atoms with Gasteiger partial charge < -0.3 is 0 Å². The number of oxime groups is 1. The molecule has 0 aliphatic carbocycles. The molecule has 122 valence electrons. The van der Waals surface area contributed by atoms with Crippen LogP contribution in [0.1, 0.15) is 30.4 Å². The maximum Gasteiger partial charge on any atom is 0.328 e. The van der Waals surface area contributed by atoms with Gasteiger partial charge in [-0.2, -0.15) is 13.7 Å². The Balaban J connectivity index is 2.25. The topological polar surface area (TPSA) is 79.5 Å². The number of allylic oxidation sites excluding steroid dienone is 1. The molecule has 1 aromatic carbocycles. The Kier molecular flexibility index (Phi) is 5.85. The molecule has 7 heteroatoms. The summed E-state index contributed by atoms with van der Waals surface area (Å²) in [7, 11) is -3.66. The van der Waals surface area contributed by atoms with Crippen LogP contribution in [0.5, 0.6) is 0 Å². The maximum atomic E-state index is 11.6. The molecule has 0 saturated carbocycles. The van der Waals surface area contributed by atoms with Gasteiger partial charge >= 0.3 is 10.1 Å². The van der Waals surface area contributed by atoms with Crippen molar-refractivity contribution in [3.8, 4) is 6.07 Å². The van der Waals surface area contributed by atoms with Gasteiger partial charge in [0.2, 0.25) is 0 Å². The summed E-state index contributed by atoms with van der Waals surface area (Å²) in [5, 5.41) is 15.7. The van der Waals surface area contributed by atoms with Crippen molar-refractivity contribution >= 4 is 26.9 Å². The third kappa shape index (κ3) is 4.36. The molecule has 0 fully saturated rings. The molecule has 0 saturated heterocycles. The molecule has 1 aromatic rings. The van der Waals surface area contributed by atoms with E-state index in [-0.39, 0.29) is 11.7 Å². The maximum absolute atomic E-state index is 11.6. The summed E-state index contributed by atoms with van der Waals surface area (Å²) in [5.74, 6) is -0.812. The van der Waals surface area contributed by atoms with Crippen molar-refractivity contribution in [2.45, 2.75) is 26.2 Å². The zero-order chi connectivity index (χ0) is 16.9. The quantitative estimate of drug-likeness (QED) is 0.733. The van der Waals surface area contributed by atoms with Gasteiger partial charge in [-0.1, -0.05) is 54.2 Å². The molecule has 0 bridgehead atoms. The Bertz CT molecular complexity index is 764. The molecule has 0 amide bonds. The first-order chi connectivity index (χ1) is 11.0. The summed E-state index contributed by atoms with van der Waals surface area (Å²) in [4.78, 5) is 0. The van der Waals surface area contributed by atoms with Gasteiger partial charge in [-0.05, 0) is 29.9 Å². The smallest absolute Gasteiger partial charge is 0.268 e. The minimum Gasteiger partial charge on any atom is -0.268 e. The van der Waals surface area contributed by atoms with Gasteiger partial charge in [0.05, 0.1) is 17.7 Å². The van der Waals surface area contributed by atoms with Crippen molar-refractivity contribution in [2.24, 2.45) is 11.1 Å². The molecule has 5 nitrogen and oxygen atoms in total. The van der Waals surface area contributed by atoms with Gasteiger partial charge in [-0.3, -0.25) is 4.28 Å². The fourth-order valence-corrected chi connectivity index (χ4v) is 4.01. The van der Waals surface area contributed by atoms with E-state index >= 15 is 0 Å². The Morgan fingerprint density at radius 3 is 2.83 bits per heavy atom. The second kappa shape index (κ2) is 7.66. The van der Waals surface area contributed by atoms with Crippen LogP contribution < -0.4 is 0 Å². The van der Waals surface area contributed by atoms with Gasteiger partial charge in [0.1, 0.15) is 5.04 Å². The van der Waals surface area contributed by atoms with Crippen LogP contribution in [-0.4, -0.2) is 19.2 Å². The van der Waals surface area contributed by atoms with Crippen LogP contribution in [0.3, 0.4) is 0 Å². The van der Waals surface area contributed by atoms with E-state index < -0.39 is 16.0 Å². The van der Waals surface area contributed by atoms with Crippen LogP contribution in [0.25, 0.3) is 0 Å². The third-order valence-corrected chi connectivity index (χ3v) is 5.57. The molecule has 0 N–H and O–H groups in total. The van der Waals surface area contributed by atoms with Crippen molar-refractivity contribution in [2.75, 3.05) is 5.75 Å². The monoisotopic (exact) mass is 350 g/mol. The van der Waals surface area contributed by atoms with E-state index in [0.29, 0.717) is 11.5 Å². The first-order valence-corrected chi connectivity index (χ1v) is 9.72. The number of nitriles is 1. The predicted octanol–water partition coefficient (Wildman–Crippen LogP) is 3.55. The van der Waals surface area contributed by atoms with Crippen LogP contribution in [0, 0.1) is 24.2 Å². The number of benzene rings is 1. The van der Waals surface area contributed by atoms with E-state index in [1.807, 2.05) is 42.7 Å². The lowest BCUT2D eigenvalue weighted by Crippen LogP contribution is -2.17. The van der Waals surface area contributed by atoms with Crippen molar-refractivity contribution in [3.05, 3.63) is 46.9 Å². The molecule has 0 spiro atoms. The highest BCUT2D eigenvalue weighted by molar-refractivity contribution is 8.16. The summed E-state index contributed by atoms with van der Waals surface area (Å²) < 4.78 is 28.0. The Morgan fingerprint density at radius 2 is 2.17 bits per heavy atom. The first-order valence-electron chi connectivity index (χ1n) is 7.26. The lowest BCUT2D eigenvalue weighted by atomic mass is 9.85. The van der Waals surface area contributed by atoms with Crippen molar-refractivity contribution in [1.29, 1.82) is 5.26 Å². The minimum atomic E-state index is -3.66. The molecule has 1 aliphatic heterocycles. The van der Waals surface area contributed by atoms with E-state index in [1.165, 1.54) is 11.8 Å². The summed E-state index contributed by atoms with van der Waals surface area (Å²) in [6, 6.07) is 9.97. The first kappa shape index (κ1) is 17.6. The standard InChI is InChI=1S/C16H18N2O3S2/c1-3-10-23(19,20)21-18-16-14(8-9-22-16)15(11-17)13-7-5-4-6-12(13)2/h4-9,14-15H,3,10H2,1-2H3/b18-16-. The SMILES string of the molecule is CCCS(=O)(=O)O/N=C1\SC=CC1C(C#N)c1ccccc1C. The molecule has 2 atom stereocenters. The van der Waals surface area contributed by atoms with E-state index in [9.17, 15) is 13.7 Å². The number of hydrogen-bond acceptors (Lipinski definition) is 6. The van der Waals surface area contributed by atoms with Crippen molar-refractivity contribution in [3.63, 3.8) is 0 Å². The highest BCUT2D eigenvalue weighted by Crippen LogP contribution is 2.36. The van der Waals surface area contributed by atoms with E-state index in [4.69, 9.17) is 4.28 Å². The van der Waals surface area contributed by atoms with Gasteiger partial charge in [0.15, 0.2) is 0 Å². The molecular weight excluding hydrogens is 332 g/mol. The van der Waals surface area contributed by atoms with Crippen LogP contribution >= 0.6 is 11.8 Å². The van der Waals surface area contributed by atoms with Gasteiger partial charge in [0, 0.05) is 5.92 Å². The Morgan fingerprint density at radius 1 is 1.43 bits per heavy atom. The predicted molar refractivity (Wildman–Crippen MR) is 92.4 cm³/mol. The minimum absolute atomic E-state index is 0.0774. The fourth-order valence-electron chi connectivity index (χ4n) is 2.35. The Hall–Kier alpha value is -1.78. The van der Waals surface area contributed by atoms with Crippen molar-refractivity contribution in [1.82, 2.24) is 0 Å². The third-order valence-electron chi connectivity index (χ3n) is 3.48. The number of aryl methyl sites for hydroxylation is 1. The largest absolute Gasteiger partial charge is 0.328 e. The van der Waals surface area contributed by atoms with Crippen molar-refractivity contribution < 1.29 is 12.7 Å². The summed E-state index contributed by atoms with van der Waals surface area (Å²) in [5.41, 5.74) is 1.93. The number of nitrogens with zero attached hydrogens (tertiary/aromatic N) is 2. The van der Waals surface area contributed by atoms with E-state index in [0.717, 1.165) is 11.1 Å². The summed E-state index contributed by atoms with van der Waals surface area (Å²) in [6.45, 7) is 3.71. The van der Waals surface area contributed by atoms with Gasteiger partial charge in [0.25, 0.3) is 0 Å². The molecule has 2 rings (SSSR count). The average molecular weight is 350 g/mol. The van der Waals surface area contributed by atoms with E-state index in [1.54, 1.807) is 6.92 Å². The summed E-state index contributed by atoms with van der Waals surface area (Å²) >= 11 is 1.28. The van der Waals surface area contributed by atoms with Crippen LogP contribution in [0.2, 0.25) is 0 Å². The number of rotatable bonds is 6. The molecule has 2 unspecified atom stereocenters. The fraction of sp³-hybridized carbons (Fsp3) is 0.375. The molecule has 1 heterocycles. The lowest BCUT2D eigenvalue weighted by molar-refractivity contribution is 0.337. The average Bonchev–Trinajstić information content (AvgIpc) is 2.96. The molecular formula is C16H18N2O3S2. The highest BCUT2D eigenvalue weighted by Gasteiger charge is 2.31. The van der Waals surface area contributed by atoms with Gasteiger partial charge in [-0.15, -0.1) is 0 Å². The molecule has 1 aliphatic rings. The van der Waals surface area contributed by atoms with Crippen LogP contribution in [0.4, 0.5) is 0 Å². The second-order valence-corrected chi connectivity index (χ2v) is 7.80. The van der Waals surface area contributed by atoms with Crippen LogP contribution in [-0.2, 0) is 14.4 Å². The lowest BCUT2D eigenvalue weighted by Gasteiger charge is -2.17. The number of hydrogen-bond donors (Lipinski definition) is 0. The zero-order valence-electron chi connectivity index (χ0n) is 13.0. The van der Waals surface area contributed by atoms with Gasteiger partial charge in [-0.25, -0.2) is 0 Å². The van der Waals surface area contributed by atoms with E-state index in [2.05, 4.69) is 11.2 Å². The Labute approximate surface area is 141 Å². The van der Waals surface area contributed by atoms with Crippen LogP contribution in [0.15, 0.2) is 40.9 Å². The summed E-state index contributed by atoms with van der Waals surface area (Å²) in [6.07, 6.45) is 2.33. The molecule has 0 aromatic heterocycles.